The monoisotopic (exact) mass is 428 g/mol. The van der Waals surface area contributed by atoms with E-state index in [1.807, 2.05) is 0 Å². The van der Waals surface area contributed by atoms with Crippen molar-refractivity contribution in [3.63, 3.8) is 0 Å². The van der Waals surface area contributed by atoms with E-state index in [2.05, 4.69) is 25.6 Å². The second-order valence-electron chi connectivity index (χ2n) is 9.71. The van der Waals surface area contributed by atoms with Crippen molar-refractivity contribution >= 4 is 5.91 Å². The van der Waals surface area contributed by atoms with Crippen molar-refractivity contribution in [1.82, 2.24) is 20.8 Å². The summed E-state index contributed by atoms with van der Waals surface area (Å²) in [6.07, 6.45) is -1.30. The molecule has 6 fully saturated rings. The predicted octanol–water partition coefficient (Wildman–Crippen LogP) is 1.65. The molecule has 0 spiro atoms. The van der Waals surface area contributed by atoms with E-state index in [1.54, 1.807) is 0 Å². The van der Waals surface area contributed by atoms with Gasteiger partial charge in [0.1, 0.15) is 6.10 Å². The molecule has 3 heterocycles. The molecule has 1 amide bonds. The number of carbonyl (C=O) groups is 1. The first-order chi connectivity index (χ1) is 14.2. The third kappa shape index (κ3) is 2.74. The summed E-state index contributed by atoms with van der Waals surface area (Å²) in [5.41, 5.74) is -2.19. The van der Waals surface area contributed by atoms with Crippen molar-refractivity contribution < 1.29 is 31.9 Å². The highest BCUT2D eigenvalue weighted by molar-refractivity contribution is 5.82. The van der Waals surface area contributed by atoms with Crippen molar-refractivity contribution in [2.75, 3.05) is 13.1 Å². The highest BCUT2D eigenvalue weighted by Crippen LogP contribution is 2.67. The van der Waals surface area contributed by atoms with Gasteiger partial charge in [-0.2, -0.15) is 0 Å². The Morgan fingerprint density at radius 1 is 1.17 bits per heavy atom. The molecule has 0 aromatic carbocycles. The summed E-state index contributed by atoms with van der Waals surface area (Å²) in [6.45, 7) is 1.68. The number of halogens is 3. The molecule has 4 saturated carbocycles. The van der Waals surface area contributed by atoms with Crippen LogP contribution in [0.3, 0.4) is 0 Å². The molecule has 30 heavy (non-hydrogen) atoms. The number of nitrogens with zero attached hydrogens (tertiary/aromatic N) is 2. The van der Waals surface area contributed by atoms with Crippen molar-refractivity contribution in [3.05, 3.63) is 11.8 Å². The zero-order valence-electron chi connectivity index (χ0n) is 16.3. The maximum atomic E-state index is 12.8. The average molecular weight is 428 g/mol. The molecular formula is C19H23F3N4O4. The van der Waals surface area contributed by atoms with E-state index < -0.39 is 18.1 Å². The first-order valence-electron chi connectivity index (χ1n) is 10.5. The van der Waals surface area contributed by atoms with Crippen LogP contribution in [-0.2, 0) is 25.3 Å². The fraction of sp³-hybridized carbons (Fsp3) is 0.842. The van der Waals surface area contributed by atoms with Gasteiger partial charge in [-0.15, -0.1) is 23.4 Å². The molecule has 2 aliphatic heterocycles. The summed E-state index contributed by atoms with van der Waals surface area (Å²) < 4.78 is 54.3. The number of alkyl halides is 3. The average Bonchev–Trinajstić information content (AvgIpc) is 3.26. The van der Waals surface area contributed by atoms with Gasteiger partial charge < -0.3 is 19.8 Å². The van der Waals surface area contributed by atoms with Gasteiger partial charge >= 0.3 is 6.36 Å². The zero-order valence-corrected chi connectivity index (χ0v) is 16.3. The third-order valence-electron chi connectivity index (χ3n) is 7.59. The van der Waals surface area contributed by atoms with Crippen LogP contribution in [0.5, 0.6) is 0 Å². The van der Waals surface area contributed by atoms with E-state index in [0.717, 1.165) is 19.5 Å². The number of fused-ring (bicyclic) bond motifs is 1. The molecule has 1 aromatic rings. The van der Waals surface area contributed by atoms with Crippen LogP contribution in [-0.4, -0.2) is 53.3 Å². The minimum absolute atomic E-state index is 0.0732. The van der Waals surface area contributed by atoms with E-state index >= 15 is 0 Å². The molecule has 4 aliphatic carbocycles. The summed E-state index contributed by atoms with van der Waals surface area (Å²) in [7, 11) is 0. The van der Waals surface area contributed by atoms with Crippen molar-refractivity contribution in [1.29, 1.82) is 0 Å². The van der Waals surface area contributed by atoms with Gasteiger partial charge in [0, 0.05) is 24.5 Å². The molecule has 0 radical (unpaired) electrons. The Morgan fingerprint density at radius 2 is 1.90 bits per heavy atom. The number of rotatable bonds is 5. The standard InChI is InChI=1S/C19H23F3N4O4/c20-19(21,22)30-18(2-1-3-18)15-26-25-14(29-15)16-7-17(8-16,9-16)24-13(27)11-4-10-5-23-6-12(10)28-11/h10-12,23H,1-9H2,(H,24,27)/t10-,11-,12+,16?,17?/m1/s1. The number of nitrogens with one attached hydrogen (secondary N) is 2. The van der Waals surface area contributed by atoms with Crippen molar-refractivity contribution in [3.8, 4) is 0 Å². The molecule has 11 heteroatoms. The quantitative estimate of drug-likeness (QED) is 0.736. The second kappa shape index (κ2) is 5.95. The van der Waals surface area contributed by atoms with Crippen LogP contribution in [0.1, 0.15) is 56.7 Å². The Bertz CT molecular complexity index is 852. The summed E-state index contributed by atoms with van der Waals surface area (Å²) in [5.74, 6) is 0.581. The molecule has 2 bridgehead atoms. The minimum atomic E-state index is -4.75. The fourth-order valence-electron chi connectivity index (χ4n) is 6.00. The molecule has 6 aliphatic rings. The van der Waals surface area contributed by atoms with Gasteiger partial charge in [0.15, 0.2) is 5.60 Å². The number of aromatic nitrogens is 2. The summed E-state index contributed by atoms with van der Waals surface area (Å²) >= 11 is 0. The Morgan fingerprint density at radius 3 is 2.53 bits per heavy atom. The van der Waals surface area contributed by atoms with Crippen molar-refractivity contribution in [2.45, 2.75) is 80.1 Å². The van der Waals surface area contributed by atoms with Crippen LogP contribution >= 0.6 is 0 Å². The number of hydrogen-bond donors (Lipinski definition) is 2. The van der Waals surface area contributed by atoms with Gasteiger partial charge in [-0.25, -0.2) is 0 Å². The van der Waals surface area contributed by atoms with E-state index in [0.29, 0.717) is 37.5 Å². The van der Waals surface area contributed by atoms with E-state index in [-0.39, 0.29) is 41.7 Å². The van der Waals surface area contributed by atoms with Gasteiger partial charge in [-0.1, -0.05) is 0 Å². The Balaban J connectivity index is 1.08. The molecule has 8 nitrogen and oxygen atoms in total. The maximum Gasteiger partial charge on any atom is 0.523 e. The summed E-state index contributed by atoms with van der Waals surface area (Å²) in [5, 5.41) is 14.3. The lowest BCUT2D eigenvalue weighted by Crippen LogP contribution is -2.77. The van der Waals surface area contributed by atoms with Gasteiger partial charge in [0.2, 0.25) is 17.7 Å². The predicted molar refractivity (Wildman–Crippen MR) is 93.0 cm³/mol. The molecule has 2 saturated heterocycles. The highest BCUT2D eigenvalue weighted by atomic mass is 19.4. The number of carbonyl (C=O) groups excluding carboxylic acids is 1. The Labute approximate surface area is 170 Å². The van der Waals surface area contributed by atoms with Crippen LogP contribution in [0, 0.1) is 5.92 Å². The Hall–Kier alpha value is -1.72. The number of amides is 1. The summed E-state index contributed by atoms with van der Waals surface area (Å²) in [6, 6.07) is 0. The zero-order chi connectivity index (χ0) is 20.8. The van der Waals surface area contributed by atoms with Gasteiger partial charge in [-0.05, 0) is 44.9 Å². The lowest BCUT2D eigenvalue weighted by Gasteiger charge is -2.68. The molecule has 1 aromatic heterocycles. The molecule has 3 atom stereocenters. The van der Waals surface area contributed by atoms with Crippen LogP contribution in [0.4, 0.5) is 13.2 Å². The van der Waals surface area contributed by atoms with E-state index in [1.165, 1.54) is 0 Å². The fourth-order valence-corrected chi connectivity index (χ4v) is 6.00. The van der Waals surface area contributed by atoms with Crippen LogP contribution in [0.25, 0.3) is 0 Å². The van der Waals surface area contributed by atoms with Crippen LogP contribution < -0.4 is 10.6 Å². The number of hydrogen-bond acceptors (Lipinski definition) is 7. The lowest BCUT2D eigenvalue weighted by atomic mass is 9.39. The molecule has 0 unspecified atom stereocenters. The minimum Gasteiger partial charge on any atom is -0.421 e. The van der Waals surface area contributed by atoms with Crippen LogP contribution in [0.2, 0.25) is 0 Å². The molecule has 164 valence electrons. The second-order valence-corrected chi connectivity index (χ2v) is 9.71. The number of ether oxygens (including phenoxy) is 2. The normalized spacial score (nSPS) is 40.8. The SMILES string of the molecule is O=C(NC12CC(c3nnc(C4(OC(F)(F)F)CCC4)o3)(C1)C2)[C@H]1C[C@@H]2CNC[C@@H]2O1. The van der Waals surface area contributed by atoms with E-state index in [9.17, 15) is 18.0 Å². The van der Waals surface area contributed by atoms with Crippen molar-refractivity contribution in [2.24, 2.45) is 5.92 Å². The first-order valence-corrected chi connectivity index (χ1v) is 10.5. The lowest BCUT2D eigenvalue weighted by molar-refractivity contribution is -0.387. The van der Waals surface area contributed by atoms with E-state index in [4.69, 9.17) is 9.15 Å². The molecule has 7 rings (SSSR count). The highest BCUT2D eigenvalue weighted by Gasteiger charge is 2.72. The summed E-state index contributed by atoms with van der Waals surface area (Å²) in [4.78, 5) is 12.6. The largest absolute Gasteiger partial charge is 0.523 e. The maximum absolute atomic E-state index is 12.8. The third-order valence-corrected chi connectivity index (χ3v) is 7.59. The topological polar surface area (TPSA) is 98.5 Å². The van der Waals surface area contributed by atoms with Crippen LogP contribution in [0.15, 0.2) is 4.42 Å². The molecule has 2 N–H and O–H groups in total. The van der Waals surface area contributed by atoms with Gasteiger partial charge in [0.05, 0.1) is 11.5 Å². The van der Waals surface area contributed by atoms with Gasteiger partial charge in [0.25, 0.3) is 0 Å². The smallest absolute Gasteiger partial charge is 0.421 e. The first kappa shape index (κ1) is 19.0. The van der Waals surface area contributed by atoms with Gasteiger partial charge in [-0.3, -0.25) is 9.53 Å². The molecular weight excluding hydrogens is 405 g/mol. The Kier molecular flexibility index (Phi) is 3.77.